The summed E-state index contributed by atoms with van der Waals surface area (Å²) >= 11 is 0. The molecule has 1 N–H and O–H groups in total. The normalized spacial score (nSPS) is 10.2. The zero-order valence-electron chi connectivity index (χ0n) is 14.9. The monoisotopic (exact) mass is 340 g/mol. The third kappa shape index (κ3) is 5.35. The highest BCUT2D eigenvalue weighted by Crippen LogP contribution is 2.15. The molecule has 0 aliphatic rings. The second kappa shape index (κ2) is 8.87. The molecule has 0 atom stereocenters. The summed E-state index contributed by atoms with van der Waals surface area (Å²) in [6.45, 7) is 4.51. The molecule has 2 amide bonds. The molecule has 0 spiro atoms. The number of benzene rings is 2. The number of carbonyl (C=O) groups is 2. The third-order valence-electron chi connectivity index (χ3n) is 3.92. The summed E-state index contributed by atoms with van der Waals surface area (Å²) in [5, 5.41) is 2.79. The summed E-state index contributed by atoms with van der Waals surface area (Å²) in [5.41, 5.74) is 2.49. The van der Waals surface area contributed by atoms with E-state index in [1.807, 2.05) is 31.2 Å². The van der Waals surface area contributed by atoms with Crippen LogP contribution in [-0.2, 0) is 11.2 Å². The third-order valence-corrected chi connectivity index (χ3v) is 3.92. The lowest BCUT2D eigenvalue weighted by Crippen LogP contribution is -2.26. The van der Waals surface area contributed by atoms with Crippen LogP contribution in [0, 0.1) is 0 Å². The molecule has 0 bridgehead atoms. The average molecular weight is 340 g/mol. The molecule has 0 aromatic heterocycles. The van der Waals surface area contributed by atoms with Gasteiger partial charge in [0.25, 0.3) is 11.8 Å². The van der Waals surface area contributed by atoms with Gasteiger partial charge in [0.2, 0.25) is 0 Å². The van der Waals surface area contributed by atoms with Gasteiger partial charge in [0.15, 0.2) is 6.61 Å². The molecular formula is C20H24N2O3. The highest BCUT2D eigenvalue weighted by Gasteiger charge is 2.11. The molecule has 2 aromatic carbocycles. The van der Waals surface area contributed by atoms with Gasteiger partial charge in [-0.05, 0) is 49.2 Å². The smallest absolute Gasteiger partial charge is 0.262 e. The van der Waals surface area contributed by atoms with Crippen LogP contribution < -0.4 is 10.1 Å². The largest absolute Gasteiger partial charge is 0.484 e. The lowest BCUT2D eigenvalue weighted by Gasteiger charge is -2.15. The maximum atomic E-state index is 12.2. The quantitative estimate of drug-likeness (QED) is 0.841. The standard InChI is InChI=1S/C20H24N2O3/c1-4-15-9-11-17(12-10-15)21-19(23)14-25-18-8-6-7-16(13-18)20(24)22(3)5-2/h6-13H,4-5,14H2,1-3H3,(H,21,23). The summed E-state index contributed by atoms with van der Waals surface area (Å²) in [7, 11) is 1.74. The predicted molar refractivity (Wildman–Crippen MR) is 99.0 cm³/mol. The van der Waals surface area contributed by atoms with Crippen molar-refractivity contribution < 1.29 is 14.3 Å². The Labute approximate surface area is 148 Å². The number of hydrogen-bond acceptors (Lipinski definition) is 3. The van der Waals surface area contributed by atoms with Crippen molar-refractivity contribution in [2.24, 2.45) is 0 Å². The molecule has 5 nitrogen and oxygen atoms in total. The molecular weight excluding hydrogens is 316 g/mol. The van der Waals surface area contributed by atoms with Gasteiger partial charge >= 0.3 is 0 Å². The Kier molecular flexibility index (Phi) is 6.57. The van der Waals surface area contributed by atoms with Crippen molar-refractivity contribution in [1.29, 1.82) is 0 Å². The first kappa shape index (κ1) is 18.5. The number of ether oxygens (including phenoxy) is 1. The van der Waals surface area contributed by atoms with Crippen LogP contribution in [0.15, 0.2) is 48.5 Å². The first-order valence-corrected chi connectivity index (χ1v) is 8.40. The van der Waals surface area contributed by atoms with Crippen molar-refractivity contribution in [3.8, 4) is 5.75 Å². The number of nitrogens with one attached hydrogen (secondary N) is 1. The zero-order chi connectivity index (χ0) is 18.2. The number of nitrogens with zero attached hydrogens (tertiary/aromatic N) is 1. The van der Waals surface area contributed by atoms with Crippen molar-refractivity contribution in [1.82, 2.24) is 4.90 Å². The fourth-order valence-electron chi connectivity index (χ4n) is 2.25. The number of amides is 2. The summed E-state index contributed by atoms with van der Waals surface area (Å²) in [6.07, 6.45) is 0.958. The Bertz CT molecular complexity index is 726. The Morgan fingerprint density at radius 1 is 1.08 bits per heavy atom. The molecule has 0 heterocycles. The van der Waals surface area contributed by atoms with E-state index in [0.29, 0.717) is 17.9 Å². The first-order chi connectivity index (χ1) is 12.0. The van der Waals surface area contributed by atoms with Crippen molar-refractivity contribution in [3.63, 3.8) is 0 Å². The van der Waals surface area contributed by atoms with Crippen molar-refractivity contribution in [2.75, 3.05) is 25.5 Å². The van der Waals surface area contributed by atoms with E-state index in [1.165, 1.54) is 5.56 Å². The molecule has 0 fully saturated rings. The van der Waals surface area contributed by atoms with Gasteiger partial charge in [-0.1, -0.05) is 25.1 Å². The van der Waals surface area contributed by atoms with Gasteiger partial charge in [0, 0.05) is 24.8 Å². The van der Waals surface area contributed by atoms with Crippen molar-refractivity contribution in [2.45, 2.75) is 20.3 Å². The summed E-state index contributed by atoms with van der Waals surface area (Å²) < 4.78 is 5.51. The fraction of sp³-hybridized carbons (Fsp3) is 0.300. The highest BCUT2D eigenvalue weighted by atomic mass is 16.5. The van der Waals surface area contributed by atoms with E-state index >= 15 is 0 Å². The van der Waals surface area contributed by atoms with Gasteiger partial charge in [0.05, 0.1) is 0 Å². The second-order valence-corrected chi connectivity index (χ2v) is 5.73. The molecule has 5 heteroatoms. The first-order valence-electron chi connectivity index (χ1n) is 8.40. The molecule has 132 valence electrons. The average Bonchev–Trinajstić information content (AvgIpc) is 2.66. The van der Waals surface area contributed by atoms with E-state index < -0.39 is 0 Å². The Hall–Kier alpha value is -2.82. The highest BCUT2D eigenvalue weighted by molar-refractivity contribution is 5.94. The Balaban J connectivity index is 1.91. The molecule has 0 aliphatic heterocycles. The number of aryl methyl sites for hydroxylation is 1. The number of rotatable bonds is 7. The maximum Gasteiger partial charge on any atom is 0.262 e. The van der Waals surface area contributed by atoms with Gasteiger partial charge in [-0.15, -0.1) is 0 Å². The zero-order valence-corrected chi connectivity index (χ0v) is 14.9. The fourth-order valence-corrected chi connectivity index (χ4v) is 2.25. The van der Waals surface area contributed by atoms with Crippen LogP contribution in [0.5, 0.6) is 5.75 Å². The topological polar surface area (TPSA) is 58.6 Å². The van der Waals surface area contributed by atoms with Crippen molar-refractivity contribution >= 4 is 17.5 Å². The van der Waals surface area contributed by atoms with Crippen LogP contribution in [0.1, 0.15) is 29.8 Å². The van der Waals surface area contributed by atoms with Crippen LogP contribution in [0.4, 0.5) is 5.69 Å². The number of anilines is 1. The van der Waals surface area contributed by atoms with Gasteiger partial charge in [-0.25, -0.2) is 0 Å². The SMILES string of the molecule is CCc1ccc(NC(=O)COc2cccc(C(=O)N(C)CC)c2)cc1. The maximum absolute atomic E-state index is 12.2. The minimum Gasteiger partial charge on any atom is -0.484 e. The number of carbonyl (C=O) groups excluding carboxylic acids is 2. The van der Waals surface area contributed by atoms with Crippen LogP contribution in [0.25, 0.3) is 0 Å². The molecule has 2 rings (SSSR count). The van der Waals surface area contributed by atoms with E-state index in [-0.39, 0.29) is 18.4 Å². The van der Waals surface area contributed by atoms with Gasteiger partial charge in [0.1, 0.15) is 5.75 Å². The summed E-state index contributed by atoms with van der Waals surface area (Å²) in [6, 6.07) is 14.6. The van der Waals surface area contributed by atoms with E-state index in [1.54, 1.807) is 36.2 Å². The van der Waals surface area contributed by atoms with E-state index in [9.17, 15) is 9.59 Å². The van der Waals surface area contributed by atoms with Crippen molar-refractivity contribution in [3.05, 3.63) is 59.7 Å². The van der Waals surface area contributed by atoms with Crippen LogP contribution >= 0.6 is 0 Å². The lowest BCUT2D eigenvalue weighted by atomic mass is 10.1. The molecule has 0 unspecified atom stereocenters. The van der Waals surface area contributed by atoms with E-state index in [0.717, 1.165) is 12.1 Å². The Morgan fingerprint density at radius 3 is 2.44 bits per heavy atom. The van der Waals surface area contributed by atoms with Gasteiger partial charge < -0.3 is 15.0 Å². The van der Waals surface area contributed by atoms with Crippen LogP contribution in [0.3, 0.4) is 0 Å². The minimum atomic E-state index is -0.244. The second-order valence-electron chi connectivity index (χ2n) is 5.73. The van der Waals surface area contributed by atoms with Crippen LogP contribution in [0.2, 0.25) is 0 Å². The molecule has 0 saturated heterocycles. The summed E-state index contributed by atoms with van der Waals surface area (Å²) in [5.74, 6) is 0.173. The van der Waals surface area contributed by atoms with E-state index in [2.05, 4.69) is 12.2 Å². The minimum absolute atomic E-state index is 0.0755. The Morgan fingerprint density at radius 2 is 1.80 bits per heavy atom. The number of hydrogen-bond donors (Lipinski definition) is 1. The van der Waals surface area contributed by atoms with Crippen LogP contribution in [-0.4, -0.2) is 36.9 Å². The summed E-state index contributed by atoms with van der Waals surface area (Å²) in [4.78, 5) is 25.8. The predicted octanol–water partition coefficient (Wildman–Crippen LogP) is 3.36. The van der Waals surface area contributed by atoms with E-state index in [4.69, 9.17) is 4.74 Å². The lowest BCUT2D eigenvalue weighted by molar-refractivity contribution is -0.118. The molecule has 0 radical (unpaired) electrons. The molecule has 0 aliphatic carbocycles. The van der Waals surface area contributed by atoms with Gasteiger partial charge in [-0.2, -0.15) is 0 Å². The van der Waals surface area contributed by atoms with Gasteiger partial charge in [-0.3, -0.25) is 9.59 Å². The molecule has 2 aromatic rings. The molecule has 0 saturated carbocycles. The molecule has 25 heavy (non-hydrogen) atoms.